The topological polar surface area (TPSA) is 6.48 Å². The lowest BCUT2D eigenvalue weighted by atomic mass is 9.91. The minimum Gasteiger partial charge on any atom is -0.309 e. The van der Waals surface area contributed by atoms with E-state index in [4.69, 9.17) is 0 Å². The summed E-state index contributed by atoms with van der Waals surface area (Å²) >= 11 is 0. The Morgan fingerprint density at radius 3 is 0.932 bits per heavy atom. The van der Waals surface area contributed by atoms with Crippen LogP contribution < -0.4 is 0 Å². The molecule has 0 saturated heterocycles. The Morgan fingerprint density at radius 2 is 0.591 bits per heavy atom. The fourth-order valence-electron chi connectivity index (χ4n) is 7.26. The lowest BCUT2D eigenvalue weighted by Gasteiger charge is -2.31. The summed E-state index contributed by atoms with van der Waals surface area (Å²) in [6, 6.07) is 0. The van der Waals surface area contributed by atoms with Gasteiger partial charge < -0.3 is 9.80 Å². The van der Waals surface area contributed by atoms with Gasteiger partial charge in [0.05, 0.1) is 0 Å². The van der Waals surface area contributed by atoms with Crippen molar-refractivity contribution in [1.82, 2.24) is 9.80 Å². The molecule has 2 nitrogen and oxygen atoms in total. The number of hydrogen-bond donors (Lipinski definition) is 0. The molecule has 0 rings (SSSR count). The van der Waals surface area contributed by atoms with E-state index in [0.717, 1.165) is 11.8 Å². The maximum absolute atomic E-state index is 3.02. The molecule has 0 radical (unpaired) electrons. The minimum absolute atomic E-state index is 0.929. The van der Waals surface area contributed by atoms with Crippen LogP contribution in [0.5, 0.6) is 0 Å². The molecule has 266 valence electrons. The Balaban J connectivity index is 5.20. The molecule has 0 N–H and O–H groups in total. The zero-order chi connectivity index (χ0) is 32.4. The van der Waals surface area contributed by atoms with Gasteiger partial charge in [-0.05, 0) is 77.5 Å². The molecule has 2 unspecified atom stereocenters. The molecule has 0 aliphatic rings. The fourth-order valence-corrected chi connectivity index (χ4v) is 7.26. The predicted octanol–water partition coefficient (Wildman–Crippen LogP) is 13.9. The Bertz CT molecular complexity index is 484. The molecule has 2 atom stereocenters. The number of rotatable bonds is 37. The van der Waals surface area contributed by atoms with Crippen LogP contribution in [0, 0.1) is 11.8 Å². The Labute approximate surface area is 281 Å². The van der Waals surface area contributed by atoms with Gasteiger partial charge in [0.25, 0.3) is 0 Å². The number of nitrogens with zero attached hydrogens (tertiary/aromatic N) is 2. The minimum atomic E-state index is 0.929. The van der Waals surface area contributed by atoms with Crippen molar-refractivity contribution in [3.63, 3.8) is 0 Å². The number of unbranched alkanes of at least 4 members (excludes halogenated alkanes) is 21. The van der Waals surface area contributed by atoms with Gasteiger partial charge in [-0.25, -0.2) is 0 Å². The highest BCUT2D eigenvalue weighted by atomic mass is 15.1. The fraction of sp³-hybridized carbons (Fsp3) is 1.00. The summed E-state index contributed by atoms with van der Waals surface area (Å²) in [5, 5.41) is 0. The maximum Gasteiger partial charge on any atom is 0.000977 e. The first kappa shape index (κ1) is 43.9. The normalized spacial score (nSPS) is 13.4. The highest BCUT2D eigenvalue weighted by Gasteiger charge is 2.19. The van der Waals surface area contributed by atoms with Crippen LogP contribution in [-0.2, 0) is 0 Å². The summed E-state index contributed by atoms with van der Waals surface area (Å²) < 4.78 is 0. The molecule has 0 bridgehead atoms. The lowest BCUT2D eigenvalue weighted by Crippen LogP contribution is -2.35. The molecule has 0 aromatic heterocycles. The largest absolute Gasteiger partial charge is 0.309 e. The van der Waals surface area contributed by atoms with Gasteiger partial charge in [0, 0.05) is 13.1 Å². The third kappa shape index (κ3) is 31.9. The van der Waals surface area contributed by atoms with Crippen LogP contribution in [-0.4, -0.2) is 50.1 Å². The van der Waals surface area contributed by atoms with Crippen molar-refractivity contribution in [3.8, 4) is 0 Å². The highest BCUT2D eigenvalue weighted by Crippen LogP contribution is 2.25. The molecule has 0 fully saturated rings. The summed E-state index contributed by atoms with van der Waals surface area (Å²) in [6.07, 6.45) is 43.2. The summed E-state index contributed by atoms with van der Waals surface area (Å²) in [5.74, 6) is 1.86. The summed E-state index contributed by atoms with van der Waals surface area (Å²) in [6.45, 7) is 14.8. The van der Waals surface area contributed by atoms with E-state index < -0.39 is 0 Å². The highest BCUT2D eigenvalue weighted by molar-refractivity contribution is 4.73. The van der Waals surface area contributed by atoms with E-state index in [2.05, 4.69) is 51.6 Å². The van der Waals surface area contributed by atoms with E-state index in [1.165, 1.54) is 219 Å². The average molecular weight is 621 g/mol. The second kappa shape index (κ2) is 35.8. The van der Waals surface area contributed by atoms with Crippen molar-refractivity contribution in [2.24, 2.45) is 11.8 Å². The molecule has 0 heterocycles. The molecule has 0 aromatic rings. The second-order valence-electron chi connectivity index (χ2n) is 15.2. The third-order valence-corrected chi connectivity index (χ3v) is 10.2. The summed E-state index contributed by atoms with van der Waals surface area (Å²) in [4.78, 5) is 5.36. The first-order valence-electron chi connectivity index (χ1n) is 20.9. The Kier molecular flexibility index (Phi) is 35.7. The molecule has 0 aliphatic heterocycles. The van der Waals surface area contributed by atoms with Gasteiger partial charge in [-0.3, -0.25) is 0 Å². The standard InChI is InChI=1S/C42H88N2/c1-7-11-15-19-23-29-35-41(33-27-17-13-9-3)39-44(38-32-26-22-21-25-31-37-43(5)6)40-42(34-28-18-14-10-4)36-30-24-20-16-12-8-2/h41-42H,7-40H2,1-6H3. The summed E-state index contributed by atoms with van der Waals surface area (Å²) in [5.41, 5.74) is 0. The van der Waals surface area contributed by atoms with Crippen LogP contribution in [0.25, 0.3) is 0 Å². The molecule has 44 heavy (non-hydrogen) atoms. The van der Waals surface area contributed by atoms with Crippen LogP contribution >= 0.6 is 0 Å². The molecular formula is C42H88N2. The van der Waals surface area contributed by atoms with Crippen molar-refractivity contribution in [3.05, 3.63) is 0 Å². The summed E-state index contributed by atoms with van der Waals surface area (Å²) in [7, 11) is 4.42. The van der Waals surface area contributed by atoms with Crippen molar-refractivity contribution < 1.29 is 0 Å². The molecule has 0 aliphatic carbocycles. The van der Waals surface area contributed by atoms with Crippen LogP contribution in [0.3, 0.4) is 0 Å². The van der Waals surface area contributed by atoms with Crippen LogP contribution in [0.1, 0.15) is 220 Å². The predicted molar refractivity (Wildman–Crippen MR) is 203 cm³/mol. The van der Waals surface area contributed by atoms with E-state index in [1.807, 2.05) is 0 Å². The first-order valence-corrected chi connectivity index (χ1v) is 20.9. The van der Waals surface area contributed by atoms with Gasteiger partial charge >= 0.3 is 0 Å². The van der Waals surface area contributed by atoms with Crippen molar-refractivity contribution in [2.45, 2.75) is 220 Å². The van der Waals surface area contributed by atoms with Crippen LogP contribution in [0.15, 0.2) is 0 Å². The van der Waals surface area contributed by atoms with E-state index in [0.29, 0.717) is 0 Å². The molecule has 0 amide bonds. The van der Waals surface area contributed by atoms with Gasteiger partial charge in [-0.2, -0.15) is 0 Å². The maximum atomic E-state index is 3.02. The van der Waals surface area contributed by atoms with E-state index in [1.54, 1.807) is 0 Å². The Hall–Kier alpha value is -0.0800. The molecule has 0 saturated carbocycles. The number of hydrogen-bond acceptors (Lipinski definition) is 2. The molecule has 0 spiro atoms. The quantitative estimate of drug-likeness (QED) is 0.0637. The lowest BCUT2D eigenvalue weighted by molar-refractivity contribution is 0.170. The van der Waals surface area contributed by atoms with Crippen LogP contribution in [0.4, 0.5) is 0 Å². The monoisotopic (exact) mass is 621 g/mol. The van der Waals surface area contributed by atoms with Crippen molar-refractivity contribution >= 4 is 0 Å². The SMILES string of the molecule is CCCCCCCCC(CCCCCC)CN(CCCCCCCCN(C)C)CC(CCCCCC)CCCCCCCC. The van der Waals surface area contributed by atoms with Gasteiger partial charge in [0.2, 0.25) is 0 Å². The van der Waals surface area contributed by atoms with E-state index in [9.17, 15) is 0 Å². The van der Waals surface area contributed by atoms with Gasteiger partial charge in [-0.1, -0.05) is 182 Å². The van der Waals surface area contributed by atoms with Crippen LogP contribution in [0.2, 0.25) is 0 Å². The third-order valence-electron chi connectivity index (χ3n) is 10.2. The zero-order valence-corrected chi connectivity index (χ0v) is 32.1. The van der Waals surface area contributed by atoms with E-state index in [-0.39, 0.29) is 0 Å². The first-order chi connectivity index (χ1) is 21.6. The zero-order valence-electron chi connectivity index (χ0n) is 32.1. The van der Waals surface area contributed by atoms with Crippen molar-refractivity contribution in [2.75, 3.05) is 40.3 Å². The molecule has 2 heteroatoms. The molecule has 0 aromatic carbocycles. The Morgan fingerprint density at radius 1 is 0.318 bits per heavy atom. The van der Waals surface area contributed by atoms with Gasteiger partial charge in [0.1, 0.15) is 0 Å². The molecular weight excluding hydrogens is 532 g/mol. The van der Waals surface area contributed by atoms with Crippen molar-refractivity contribution in [1.29, 1.82) is 0 Å². The second-order valence-corrected chi connectivity index (χ2v) is 15.2. The van der Waals surface area contributed by atoms with Gasteiger partial charge in [0.15, 0.2) is 0 Å². The average Bonchev–Trinajstić information content (AvgIpc) is 3.01. The van der Waals surface area contributed by atoms with E-state index >= 15 is 0 Å². The smallest absolute Gasteiger partial charge is 0.000977 e. The van der Waals surface area contributed by atoms with Gasteiger partial charge in [-0.15, -0.1) is 0 Å².